The molecule has 29 heavy (non-hydrogen) atoms. The van der Waals surface area contributed by atoms with Crippen LogP contribution in [0.1, 0.15) is 19.5 Å². The van der Waals surface area contributed by atoms with Gasteiger partial charge in [-0.3, -0.25) is 4.57 Å². The number of aryl methyl sites for hydroxylation is 1. The van der Waals surface area contributed by atoms with Crippen LogP contribution in [0.4, 0.5) is 10.5 Å². The maximum Gasteiger partial charge on any atom is 0.330 e. The number of hydrogen-bond donors (Lipinski definition) is 3. The Morgan fingerprint density at radius 3 is 2.69 bits per heavy atom. The van der Waals surface area contributed by atoms with Gasteiger partial charge in [-0.2, -0.15) is 0 Å². The number of nitrogens with one attached hydrogen (secondary N) is 2. The number of hydrogen-bond acceptors (Lipinski definition) is 5. The Bertz CT molecular complexity index is 845. The topological polar surface area (TPSA) is 109 Å². The number of urea groups is 1. The fraction of sp³-hybridized carbons (Fsp3) is 0.500. The lowest BCUT2D eigenvalue weighted by Crippen LogP contribution is -2.39. The zero-order chi connectivity index (χ0) is 21.4. The molecule has 0 aliphatic rings. The fourth-order valence-electron chi connectivity index (χ4n) is 2.75. The number of imidazole rings is 1. The summed E-state index contributed by atoms with van der Waals surface area (Å²) in [5.41, 5.74) is 1.49. The minimum absolute atomic E-state index is 0.0994. The van der Waals surface area contributed by atoms with Crippen LogP contribution in [0.2, 0.25) is 0 Å². The number of anilines is 1. The molecule has 0 bridgehead atoms. The van der Waals surface area contributed by atoms with Crippen LogP contribution in [0.3, 0.4) is 0 Å². The van der Waals surface area contributed by atoms with Gasteiger partial charge in [0, 0.05) is 18.9 Å². The zero-order valence-corrected chi connectivity index (χ0v) is 17.3. The summed E-state index contributed by atoms with van der Waals surface area (Å²) in [6.45, 7) is 6.71. The number of para-hydroxylation sites is 2. The number of aromatic nitrogens is 2. The van der Waals surface area contributed by atoms with Crippen LogP contribution in [0, 0.1) is 6.92 Å². The molecule has 2 aromatic rings. The third-order valence-corrected chi connectivity index (χ3v) is 4.17. The number of carbonyl (C=O) groups is 1. The van der Waals surface area contributed by atoms with E-state index in [-0.39, 0.29) is 24.9 Å². The molecule has 2 rings (SSSR count). The Morgan fingerprint density at radius 2 is 2.03 bits per heavy atom. The first-order valence-corrected chi connectivity index (χ1v) is 9.55. The van der Waals surface area contributed by atoms with Gasteiger partial charge in [0.1, 0.15) is 0 Å². The molecule has 1 atom stereocenters. The Labute approximate surface area is 170 Å². The number of ether oxygens (including phenoxy) is 2. The third kappa shape index (κ3) is 6.74. The molecule has 1 unspecified atom stereocenters. The second-order valence-corrected chi connectivity index (χ2v) is 7.05. The highest BCUT2D eigenvalue weighted by atomic mass is 16.5. The van der Waals surface area contributed by atoms with E-state index in [9.17, 15) is 14.7 Å². The van der Waals surface area contributed by atoms with E-state index in [1.54, 1.807) is 44.4 Å². The van der Waals surface area contributed by atoms with Crippen LogP contribution >= 0.6 is 0 Å². The average Bonchev–Trinajstić information content (AvgIpc) is 3.00. The van der Waals surface area contributed by atoms with E-state index in [0.717, 1.165) is 5.69 Å². The van der Waals surface area contributed by atoms with Crippen molar-refractivity contribution < 1.29 is 19.4 Å². The normalized spacial score (nSPS) is 12.2. The monoisotopic (exact) mass is 406 g/mol. The number of carbonyl (C=O) groups excluding carboxylic acids is 1. The number of amides is 2. The molecule has 0 fully saturated rings. The van der Waals surface area contributed by atoms with Gasteiger partial charge in [0.15, 0.2) is 0 Å². The molecular formula is C20H30N4O5. The highest BCUT2D eigenvalue weighted by molar-refractivity contribution is 5.91. The molecule has 0 saturated carbocycles. The number of aliphatic hydroxyl groups is 1. The number of aromatic amines is 1. The highest BCUT2D eigenvalue weighted by Gasteiger charge is 2.17. The number of benzene rings is 1. The first kappa shape index (κ1) is 22.7. The standard InChI is InChI=1S/C20H30N4O5/c1-14(2)29-10-9-28-13-16(25)12-23(4)20(27)22-17-7-5-6-8-18(17)24-15(3)11-21-19(24)26/h5-8,11,14,16,25H,9-10,12-13H2,1-4H3,(H,21,26)(H,22,27). The summed E-state index contributed by atoms with van der Waals surface area (Å²) < 4.78 is 12.2. The zero-order valence-electron chi connectivity index (χ0n) is 17.3. The van der Waals surface area contributed by atoms with Crippen LogP contribution < -0.4 is 11.0 Å². The van der Waals surface area contributed by atoms with Crippen LogP contribution in [0.25, 0.3) is 5.69 Å². The summed E-state index contributed by atoms with van der Waals surface area (Å²) in [7, 11) is 1.58. The molecule has 9 heteroatoms. The summed E-state index contributed by atoms with van der Waals surface area (Å²) in [5, 5.41) is 12.9. The first-order chi connectivity index (χ1) is 13.8. The number of aliphatic hydroxyl groups excluding tert-OH is 1. The molecule has 2 amide bonds. The molecule has 160 valence electrons. The van der Waals surface area contributed by atoms with E-state index in [4.69, 9.17) is 9.47 Å². The van der Waals surface area contributed by atoms with E-state index >= 15 is 0 Å². The number of H-pyrrole nitrogens is 1. The predicted octanol–water partition coefficient (Wildman–Crippen LogP) is 1.74. The summed E-state index contributed by atoms with van der Waals surface area (Å²) >= 11 is 0. The molecule has 0 saturated heterocycles. The number of likely N-dealkylation sites (N-methyl/N-ethyl adjacent to an activating group) is 1. The van der Waals surface area contributed by atoms with Gasteiger partial charge in [-0.25, -0.2) is 9.59 Å². The summed E-state index contributed by atoms with van der Waals surface area (Å²) in [6, 6.07) is 6.63. The van der Waals surface area contributed by atoms with Gasteiger partial charge >= 0.3 is 11.7 Å². The van der Waals surface area contributed by atoms with Crippen molar-refractivity contribution in [3.63, 3.8) is 0 Å². The second-order valence-electron chi connectivity index (χ2n) is 7.05. The molecule has 0 radical (unpaired) electrons. The van der Waals surface area contributed by atoms with Crippen molar-refractivity contribution in [1.29, 1.82) is 0 Å². The minimum atomic E-state index is -0.824. The van der Waals surface area contributed by atoms with Crippen molar-refractivity contribution in [2.24, 2.45) is 0 Å². The maximum absolute atomic E-state index is 12.5. The molecule has 1 aromatic carbocycles. The van der Waals surface area contributed by atoms with Gasteiger partial charge in [-0.15, -0.1) is 0 Å². The van der Waals surface area contributed by atoms with Gasteiger partial charge < -0.3 is 29.8 Å². The van der Waals surface area contributed by atoms with E-state index in [0.29, 0.717) is 24.6 Å². The maximum atomic E-state index is 12.5. The smallest absolute Gasteiger partial charge is 0.330 e. The largest absolute Gasteiger partial charge is 0.389 e. The molecule has 1 heterocycles. The molecule has 1 aromatic heterocycles. The Morgan fingerprint density at radius 1 is 1.31 bits per heavy atom. The minimum Gasteiger partial charge on any atom is -0.389 e. The van der Waals surface area contributed by atoms with Crippen molar-refractivity contribution >= 4 is 11.7 Å². The van der Waals surface area contributed by atoms with E-state index in [1.807, 2.05) is 13.8 Å². The highest BCUT2D eigenvalue weighted by Crippen LogP contribution is 2.20. The number of rotatable bonds is 10. The molecule has 3 N–H and O–H groups in total. The van der Waals surface area contributed by atoms with Crippen LogP contribution in [0.5, 0.6) is 0 Å². The number of nitrogens with zero attached hydrogens (tertiary/aromatic N) is 2. The van der Waals surface area contributed by atoms with Crippen molar-refractivity contribution in [2.45, 2.75) is 33.0 Å². The van der Waals surface area contributed by atoms with Crippen molar-refractivity contribution in [3.05, 3.63) is 46.6 Å². The summed E-state index contributed by atoms with van der Waals surface area (Å²) in [4.78, 5) is 28.6. The van der Waals surface area contributed by atoms with E-state index in [2.05, 4.69) is 10.3 Å². The van der Waals surface area contributed by atoms with Crippen molar-refractivity contribution in [3.8, 4) is 5.69 Å². The lowest BCUT2D eigenvalue weighted by atomic mass is 10.2. The second kappa shape index (κ2) is 10.8. The molecule has 0 aliphatic carbocycles. The Balaban J connectivity index is 1.91. The molecule has 0 aliphatic heterocycles. The van der Waals surface area contributed by atoms with Crippen molar-refractivity contribution in [1.82, 2.24) is 14.5 Å². The van der Waals surface area contributed by atoms with Crippen molar-refractivity contribution in [2.75, 3.05) is 38.7 Å². The Kier molecular flexibility index (Phi) is 8.44. The summed E-state index contributed by atoms with van der Waals surface area (Å²) in [5.74, 6) is 0. The average molecular weight is 406 g/mol. The predicted molar refractivity (Wildman–Crippen MR) is 111 cm³/mol. The van der Waals surface area contributed by atoms with Gasteiger partial charge in [-0.05, 0) is 32.9 Å². The third-order valence-electron chi connectivity index (χ3n) is 4.17. The van der Waals surface area contributed by atoms with E-state index in [1.165, 1.54) is 9.47 Å². The molecule has 9 nitrogen and oxygen atoms in total. The molecule has 0 spiro atoms. The van der Waals surface area contributed by atoms with Crippen LogP contribution in [0.15, 0.2) is 35.3 Å². The van der Waals surface area contributed by atoms with Gasteiger partial charge in [0.05, 0.1) is 49.9 Å². The quantitative estimate of drug-likeness (QED) is 0.521. The summed E-state index contributed by atoms with van der Waals surface area (Å²) in [6.07, 6.45) is 0.914. The lowest BCUT2D eigenvalue weighted by Gasteiger charge is -2.22. The van der Waals surface area contributed by atoms with Gasteiger partial charge in [0.25, 0.3) is 0 Å². The van der Waals surface area contributed by atoms with Crippen LogP contribution in [-0.2, 0) is 9.47 Å². The van der Waals surface area contributed by atoms with Crippen LogP contribution in [-0.4, -0.2) is 71.2 Å². The lowest BCUT2D eigenvalue weighted by molar-refractivity contribution is -0.0144. The van der Waals surface area contributed by atoms with Gasteiger partial charge in [0.2, 0.25) is 0 Å². The SMILES string of the molecule is Cc1c[nH]c(=O)n1-c1ccccc1NC(=O)N(C)CC(O)COCCOC(C)C. The molecular weight excluding hydrogens is 376 g/mol. The fourth-order valence-corrected chi connectivity index (χ4v) is 2.75. The van der Waals surface area contributed by atoms with Gasteiger partial charge in [-0.1, -0.05) is 12.1 Å². The Hall–Kier alpha value is -2.62. The first-order valence-electron chi connectivity index (χ1n) is 9.55. The van der Waals surface area contributed by atoms with E-state index < -0.39 is 12.1 Å².